The fourth-order valence-electron chi connectivity index (χ4n) is 3.29. The Bertz CT molecular complexity index is 1080. The summed E-state index contributed by atoms with van der Waals surface area (Å²) in [5.74, 6) is 1.06. The third-order valence-electron chi connectivity index (χ3n) is 5.16. The highest BCUT2D eigenvalue weighted by Crippen LogP contribution is 2.30. The number of carbonyl (C=O) groups excluding carboxylic acids is 2. The van der Waals surface area contributed by atoms with Gasteiger partial charge in [-0.25, -0.2) is 4.79 Å². The monoisotopic (exact) mass is 403 g/mol. The fourth-order valence-corrected chi connectivity index (χ4v) is 3.29. The van der Waals surface area contributed by atoms with E-state index in [1.54, 1.807) is 7.11 Å². The Morgan fingerprint density at radius 1 is 0.900 bits per heavy atom. The van der Waals surface area contributed by atoms with E-state index < -0.39 is 0 Å². The molecule has 0 aliphatic heterocycles. The lowest BCUT2D eigenvalue weighted by Gasteiger charge is -2.10. The van der Waals surface area contributed by atoms with E-state index in [0.717, 1.165) is 46.2 Å². The molecule has 0 spiro atoms. The summed E-state index contributed by atoms with van der Waals surface area (Å²) in [5.41, 5.74) is 2.71. The Labute approximate surface area is 175 Å². The standard InChI is InChI=1S/C24H25N3O3/c1-30-22-10-9-19-11-17(5-6-20(19)13-22)15-26-24(29)25-14-16-3-2-4-21(12-16)27-23(28)18-7-8-18/h2-6,9-13,18H,7-8,14-15H2,1H3,(H,27,28)(H2,25,26,29). The minimum absolute atomic E-state index is 0.0756. The van der Waals surface area contributed by atoms with E-state index in [0.29, 0.717) is 13.1 Å². The van der Waals surface area contributed by atoms with E-state index in [9.17, 15) is 9.59 Å². The van der Waals surface area contributed by atoms with Crippen molar-refractivity contribution in [2.75, 3.05) is 12.4 Å². The molecule has 0 unspecified atom stereocenters. The van der Waals surface area contributed by atoms with Crippen molar-refractivity contribution >= 4 is 28.4 Å². The lowest BCUT2D eigenvalue weighted by molar-refractivity contribution is -0.117. The van der Waals surface area contributed by atoms with Gasteiger partial charge in [-0.15, -0.1) is 0 Å². The van der Waals surface area contributed by atoms with Gasteiger partial charge in [-0.3, -0.25) is 4.79 Å². The molecule has 6 nitrogen and oxygen atoms in total. The number of hydrogen-bond acceptors (Lipinski definition) is 3. The van der Waals surface area contributed by atoms with Crippen molar-refractivity contribution in [3.8, 4) is 5.75 Å². The molecule has 1 aliphatic rings. The molecule has 3 amide bonds. The molecule has 1 aliphatic carbocycles. The van der Waals surface area contributed by atoms with Gasteiger partial charge in [0, 0.05) is 24.7 Å². The molecule has 0 atom stereocenters. The van der Waals surface area contributed by atoms with Crippen LogP contribution in [0.3, 0.4) is 0 Å². The van der Waals surface area contributed by atoms with Crippen molar-refractivity contribution in [2.45, 2.75) is 25.9 Å². The van der Waals surface area contributed by atoms with E-state index in [-0.39, 0.29) is 17.9 Å². The molecule has 4 rings (SSSR count). The number of benzene rings is 3. The third kappa shape index (κ3) is 5.08. The summed E-state index contributed by atoms with van der Waals surface area (Å²) in [6, 6.07) is 19.3. The first-order chi connectivity index (χ1) is 14.6. The Kier molecular flexibility index (Phi) is 5.84. The Balaban J connectivity index is 1.27. The largest absolute Gasteiger partial charge is 0.497 e. The van der Waals surface area contributed by atoms with Gasteiger partial charge >= 0.3 is 6.03 Å². The minimum Gasteiger partial charge on any atom is -0.497 e. The maximum Gasteiger partial charge on any atom is 0.315 e. The molecule has 3 N–H and O–H groups in total. The number of fused-ring (bicyclic) bond motifs is 1. The summed E-state index contributed by atoms with van der Waals surface area (Å²) in [6.07, 6.45) is 1.94. The first-order valence-corrected chi connectivity index (χ1v) is 10.1. The van der Waals surface area contributed by atoms with Crippen LogP contribution in [0.5, 0.6) is 5.75 Å². The van der Waals surface area contributed by atoms with Crippen molar-refractivity contribution in [3.05, 3.63) is 71.8 Å². The fraction of sp³-hybridized carbons (Fsp3) is 0.250. The highest BCUT2D eigenvalue weighted by molar-refractivity contribution is 5.94. The zero-order valence-corrected chi connectivity index (χ0v) is 16.9. The molecule has 0 saturated heterocycles. The number of amides is 3. The number of methoxy groups -OCH3 is 1. The molecular formula is C24H25N3O3. The molecule has 3 aromatic carbocycles. The molecule has 0 bridgehead atoms. The summed E-state index contributed by atoms with van der Waals surface area (Å²) < 4.78 is 5.25. The number of ether oxygens (including phenoxy) is 1. The van der Waals surface area contributed by atoms with Crippen LogP contribution in [0, 0.1) is 5.92 Å². The third-order valence-corrected chi connectivity index (χ3v) is 5.16. The second-order valence-corrected chi connectivity index (χ2v) is 7.55. The number of rotatable bonds is 7. The molecule has 0 aromatic heterocycles. The topological polar surface area (TPSA) is 79.5 Å². The van der Waals surface area contributed by atoms with Crippen molar-refractivity contribution in [3.63, 3.8) is 0 Å². The summed E-state index contributed by atoms with van der Waals surface area (Å²) >= 11 is 0. The Hall–Kier alpha value is -3.54. The van der Waals surface area contributed by atoms with Gasteiger partial charge in [0.05, 0.1) is 7.11 Å². The lowest BCUT2D eigenvalue weighted by Crippen LogP contribution is -2.34. The van der Waals surface area contributed by atoms with Crippen LogP contribution in [0.2, 0.25) is 0 Å². The van der Waals surface area contributed by atoms with Gasteiger partial charge < -0.3 is 20.7 Å². The maximum atomic E-state index is 12.2. The predicted octanol–water partition coefficient (Wildman–Crippen LogP) is 4.20. The molecule has 3 aromatic rings. The highest BCUT2D eigenvalue weighted by Gasteiger charge is 2.29. The molecule has 30 heavy (non-hydrogen) atoms. The SMILES string of the molecule is COc1ccc2cc(CNC(=O)NCc3cccc(NC(=O)C4CC4)c3)ccc2c1. The molecule has 0 heterocycles. The zero-order valence-electron chi connectivity index (χ0n) is 16.9. The number of urea groups is 1. The van der Waals surface area contributed by atoms with Crippen molar-refractivity contribution < 1.29 is 14.3 Å². The maximum absolute atomic E-state index is 12.2. The summed E-state index contributed by atoms with van der Waals surface area (Å²) in [4.78, 5) is 24.1. The van der Waals surface area contributed by atoms with Crippen molar-refractivity contribution in [1.29, 1.82) is 0 Å². The molecule has 1 saturated carbocycles. The predicted molar refractivity (Wildman–Crippen MR) is 117 cm³/mol. The first-order valence-electron chi connectivity index (χ1n) is 10.1. The summed E-state index contributed by atoms with van der Waals surface area (Å²) in [5, 5.41) is 10.9. The Morgan fingerprint density at radius 2 is 1.60 bits per heavy atom. The summed E-state index contributed by atoms with van der Waals surface area (Å²) in [6.45, 7) is 0.821. The molecule has 6 heteroatoms. The normalized spacial score (nSPS) is 13.0. The van der Waals surface area contributed by atoms with Crippen molar-refractivity contribution in [2.24, 2.45) is 5.92 Å². The van der Waals surface area contributed by atoms with Gasteiger partial charge in [-0.1, -0.05) is 30.3 Å². The van der Waals surface area contributed by atoms with Crippen LogP contribution in [0.1, 0.15) is 24.0 Å². The quantitative estimate of drug-likeness (QED) is 0.553. The zero-order chi connectivity index (χ0) is 20.9. The van der Waals surface area contributed by atoms with Crippen LogP contribution in [0.4, 0.5) is 10.5 Å². The van der Waals surface area contributed by atoms with Crippen LogP contribution in [0.25, 0.3) is 10.8 Å². The van der Waals surface area contributed by atoms with Gasteiger partial charge in [-0.05, 0) is 65.1 Å². The van der Waals surface area contributed by atoms with Crippen LogP contribution in [-0.2, 0) is 17.9 Å². The van der Waals surface area contributed by atoms with Gasteiger partial charge in [-0.2, -0.15) is 0 Å². The average molecular weight is 403 g/mol. The minimum atomic E-state index is -0.239. The van der Waals surface area contributed by atoms with E-state index in [1.807, 2.05) is 54.6 Å². The van der Waals surface area contributed by atoms with E-state index in [4.69, 9.17) is 4.74 Å². The van der Waals surface area contributed by atoms with E-state index in [1.165, 1.54) is 0 Å². The van der Waals surface area contributed by atoms with Crippen LogP contribution in [-0.4, -0.2) is 19.0 Å². The van der Waals surface area contributed by atoms with Gasteiger partial charge in [0.1, 0.15) is 5.75 Å². The average Bonchev–Trinajstić information content (AvgIpc) is 3.61. The van der Waals surface area contributed by atoms with Gasteiger partial charge in [0.2, 0.25) is 5.91 Å². The lowest BCUT2D eigenvalue weighted by atomic mass is 10.1. The number of hydrogen-bond donors (Lipinski definition) is 3. The molecule has 1 fully saturated rings. The van der Waals surface area contributed by atoms with Crippen LogP contribution < -0.4 is 20.7 Å². The van der Waals surface area contributed by atoms with Crippen LogP contribution >= 0.6 is 0 Å². The molecule has 154 valence electrons. The second kappa shape index (κ2) is 8.86. The van der Waals surface area contributed by atoms with Gasteiger partial charge in [0.25, 0.3) is 0 Å². The smallest absolute Gasteiger partial charge is 0.315 e. The van der Waals surface area contributed by atoms with Crippen molar-refractivity contribution in [1.82, 2.24) is 10.6 Å². The number of nitrogens with one attached hydrogen (secondary N) is 3. The second-order valence-electron chi connectivity index (χ2n) is 7.55. The van der Waals surface area contributed by atoms with Crippen LogP contribution in [0.15, 0.2) is 60.7 Å². The Morgan fingerprint density at radius 3 is 2.33 bits per heavy atom. The number of carbonyl (C=O) groups is 2. The van der Waals surface area contributed by atoms with E-state index in [2.05, 4.69) is 22.0 Å². The highest BCUT2D eigenvalue weighted by atomic mass is 16.5. The first kappa shape index (κ1) is 19.8. The van der Waals surface area contributed by atoms with Gasteiger partial charge in [0.15, 0.2) is 0 Å². The molecule has 0 radical (unpaired) electrons. The summed E-state index contributed by atoms with van der Waals surface area (Å²) in [7, 11) is 1.65. The van der Waals surface area contributed by atoms with E-state index >= 15 is 0 Å². The molecular weight excluding hydrogens is 378 g/mol. The number of anilines is 1.